The summed E-state index contributed by atoms with van der Waals surface area (Å²) >= 11 is 0. The van der Waals surface area contributed by atoms with Crippen LogP contribution in [0.3, 0.4) is 0 Å². The summed E-state index contributed by atoms with van der Waals surface area (Å²) in [5, 5.41) is 13.8. The van der Waals surface area contributed by atoms with Crippen molar-refractivity contribution in [3.63, 3.8) is 0 Å². The fraction of sp³-hybridized carbons (Fsp3) is 0.500. The molecule has 0 aliphatic carbocycles. The maximum atomic E-state index is 12.9. The van der Waals surface area contributed by atoms with Crippen LogP contribution in [0.25, 0.3) is 6.08 Å². The SMILES string of the molecule is CC(C)(C)OC(=O)NC(CCC(=O)OCCN1c2ccccc2C(C)(C)C12C=Cc1cc([N+](=O)[O-])ccc1O2)C(=O)OC(C)(C)C. The minimum absolute atomic E-state index is 0.00587. The Bertz CT molecular complexity index is 1540. The molecule has 2 aliphatic rings. The lowest BCUT2D eigenvalue weighted by atomic mass is 9.76. The number of nitrogens with one attached hydrogen (secondary N) is 1. The van der Waals surface area contributed by atoms with Crippen molar-refractivity contribution in [3.8, 4) is 5.75 Å². The average Bonchev–Trinajstić information content (AvgIpc) is 3.11. The number of benzene rings is 2. The summed E-state index contributed by atoms with van der Waals surface area (Å²) in [6.07, 6.45) is 2.72. The first-order valence-corrected chi connectivity index (χ1v) is 15.2. The van der Waals surface area contributed by atoms with Gasteiger partial charge in [-0.1, -0.05) is 18.2 Å². The number of nitrogens with zero attached hydrogens (tertiary/aromatic N) is 2. The number of rotatable bonds is 9. The van der Waals surface area contributed by atoms with Gasteiger partial charge in [0.2, 0.25) is 5.72 Å². The number of esters is 2. The van der Waals surface area contributed by atoms with Gasteiger partial charge in [0, 0.05) is 29.8 Å². The van der Waals surface area contributed by atoms with Gasteiger partial charge in [-0.3, -0.25) is 14.9 Å². The number of alkyl carbamates (subject to hydrolysis) is 1. The second-order valence-electron chi connectivity index (χ2n) is 13.9. The Kier molecular flexibility index (Phi) is 9.42. The van der Waals surface area contributed by atoms with Crippen molar-refractivity contribution in [2.24, 2.45) is 0 Å². The molecule has 0 saturated carbocycles. The number of hydrogen-bond acceptors (Lipinski definition) is 10. The zero-order valence-corrected chi connectivity index (χ0v) is 27.7. The summed E-state index contributed by atoms with van der Waals surface area (Å²) in [5.74, 6) is -0.740. The van der Waals surface area contributed by atoms with E-state index in [2.05, 4.69) is 19.2 Å². The highest BCUT2D eigenvalue weighted by Crippen LogP contribution is 2.54. The number of para-hydroxylation sites is 1. The number of carbonyl (C=O) groups is 3. The van der Waals surface area contributed by atoms with Crippen molar-refractivity contribution < 1.29 is 38.3 Å². The molecule has 2 unspecified atom stereocenters. The molecule has 12 heteroatoms. The van der Waals surface area contributed by atoms with Crippen molar-refractivity contribution >= 4 is 35.5 Å². The summed E-state index contributed by atoms with van der Waals surface area (Å²) in [4.78, 5) is 51.1. The predicted molar refractivity (Wildman–Crippen MR) is 171 cm³/mol. The smallest absolute Gasteiger partial charge is 0.408 e. The highest BCUT2D eigenvalue weighted by Gasteiger charge is 2.58. The first kappa shape index (κ1) is 34.3. The van der Waals surface area contributed by atoms with Crippen LogP contribution in [-0.2, 0) is 29.2 Å². The highest BCUT2D eigenvalue weighted by atomic mass is 16.6. The lowest BCUT2D eigenvalue weighted by Crippen LogP contribution is -2.60. The molecular formula is C34H43N3O9. The van der Waals surface area contributed by atoms with Gasteiger partial charge in [-0.05, 0) is 91.7 Å². The number of amides is 1. The molecule has 0 radical (unpaired) electrons. The van der Waals surface area contributed by atoms with Crippen LogP contribution < -0.4 is 15.0 Å². The maximum absolute atomic E-state index is 12.9. The van der Waals surface area contributed by atoms with E-state index < -0.39 is 51.3 Å². The van der Waals surface area contributed by atoms with Gasteiger partial charge in [0.25, 0.3) is 5.69 Å². The Morgan fingerprint density at radius 2 is 1.70 bits per heavy atom. The van der Waals surface area contributed by atoms with E-state index in [0.29, 0.717) is 11.3 Å². The van der Waals surface area contributed by atoms with Gasteiger partial charge in [-0.25, -0.2) is 9.59 Å². The Balaban J connectivity index is 1.46. The van der Waals surface area contributed by atoms with Crippen molar-refractivity contribution in [2.75, 3.05) is 18.1 Å². The number of non-ortho nitro benzene ring substituents is 1. The average molecular weight is 638 g/mol. The van der Waals surface area contributed by atoms with E-state index >= 15 is 0 Å². The molecule has 0 aromatic heterocycles. The topological polar surface area (TPSA) is 147 Å². The lowest BCUT2D eigenvalue weighted by molar-refractivity contribution is -0.384. The normalized spacial score (nSPS) is 18.6. The third-order valence-corrected chi connectivity index (χ3v) is 7.72. The van der Waals surface area contributed by atoms with E-state index in [0.717, 1.165) is 11.3 Å². The highest BCUT2D eigenvalue weighted by molar-refractivity contribution is 5.82. The van der Waals surface area contributed by atoms with E-state index in [4.69, 9.17) is 18.9 Å². The number of ether oxygens (including phenoxy) is 4. The second kappa shape index (κ2) is 12.6. The minimum Gasteiger partial charge on any atom is -0.464 e. The van der Waals surface area contributed by atoms with Gasteiger partial charge < -0.3 is 29.2 Å². The number of fused-ring (bicyclic) bond motifs is 2. The number of carbonyl (C=O) groups excluding carboxylic acids is 3. The second-order valence-corrected chi connectivity index (χ2v) is 13.9. The monoisotopic (exact) mass is 637 g/mol. The predicted octanol–water partition coefficient (Wildman–Crippen LogP) is 6.05. The van der Waals surface area contributed by atoms with Crippen molar-refractivity contribution in [1.29, 1.82) is 0 Å². The van der Waals surface area contributed by atoms with Crippen LogP contribution in [0.2, 0.25) is 0 Å². The molecule has 2 aromatic carbocycles. The Morgan fingerprint density at radius 1 is 1.02 bits per heavy atom. The molecule has 2 atom stereocenters. The molecule has 0 bridgehead atoms. The maximum Gasteiger partial charge on any atom is 0.408 e. The van der Waals surface area contributed by atoms with E-state index in [1.807, 2.05) is 41.3 Å². The molecule has 2 aliphatic heterocycles. The number of hydrogen-bond donors (Lipinski definition) is 1. The van der Waals surface area contributed by atoms with Gasteiger partial charge in [-0.15, -0.1) is 0 Å². The Labute approximate surface area is 269 Å². The van der Waals surface area contributed by atoms with E-state index in [1.54, 1.807) is 47.6 Å². The van der Waals surface area contributed by atoms with E-state index in [9.17, 15) is 24.5 Å². The fourth-order valence-electron chi connectivity index (χ4n) is 5.65. The number of nitro benzene ring substituents is 1. The molecular weight excluding hydrogens is 594 g/mol. The Morgan fingerprint density at radius 3 is 2.35 bits per heavy atom. The van der Waals surface area contributed by atoms with E-state index in [-0.39, 0.29) is 31.7 Å². The first-order valence-electron chi connectivity index (χ1n) is 15.2. The molecule has 248 valence electrons. The Hall–Kier alpha value is -4.61. The third kappa shape index (κ3) is 7.43. The standard InChI is InChI=1S/C34H43N3O9/c1-31(2,3)45-29(39)25(35-30(40)46-32(4,5)6)14-16-28(38)43-20-19-36-26-12-10-9-11-24(26)33(7,8)34(36)18-17-22-21-23(37(41)42)13-15-27(22)44-34/h9-13,15,17-18,21,25H,14,16,19-20H2,1-8H3,(H,35,40). The summed E-state index contributed by atoms with van der Waals surface area (Å²) in [6, 6.07) is 11.2. The molecule has 46 heavy (non-hydrogen) atoms. The van der Waals surface area contributed by atoms with Crippen LogP contribution in [0.4, 0.5) is 16.2 Å². The summed E-state index contributed by atoms with van der Waals surface area (Å²) < 4.78 is 23.0. The van der Waals surface area contributed by atoms with Crippen LogP contribution in [0.15, 0.2) is 48.5 Å². The third-order valence-electron chi connectivity index (χ3n) is 7.72. The number of nitro groups is 1. The fourth-order valence-corrected chi connectivity index (χ4v) is 5.65. The van der Waals surface area contributed by atoms with Gasteiger partial charge >= 0.3 is 18.0 Å². The molecule has 1 amide bonds. The molecule has 1 spiro atoms. The van der Waals surface area contributed by atoms with Gasteiger partial charge in [0.1, 0.15) is 29.6 Å². The molecule has 12 nitrogen and oxygen atoms in total. The van der Waals surface area contributed by atoms with Crippen LogP contribution in [0.1, 0.15) is 79.4 Å². The molecule has 1 N–H and O–H groups in total. The summed E-state index contributed by atoms with van der Waals surface area (Å²) in [5.41, 5.74) is -0.642. The van der Waals surface area contributed by atoms with Crippen molar-refractivity contribution in [3.05, 3.63) is 69.8 Å². The molecule has 0 saturated heterocycles. The zero-order valence-electron chi connectivity index (χ0n) is 27.7. The van der Waals surface area contributed by atoms with Gasteiger partial charge in [0.15, 0.2) is 0 Å². The van der Waals surface area contributed by atoms with Crippen LogP contribution in [0, 0.1) is 10.1 Å². The quantitative estimate of drug-likeness (QED) is 0.149. The van der Waals surface area contributed by atoms with Crippen LogP contribution in [0.5, 0.6) is 5.75 Å². The lowest BCUT2D eigenvalue weighted by Gasteiger charge is -2.47. The minimum atomic E-state index is -1.12. The zero-order chi connectivity index (χ0) is 34.1. The van der Waals surface area contributed by atoms with Gasteiger partial charge in [0.05, 0.1) is 16.9 Å². The van der Waals surface area contributed by atoms with Crippen molar-refractivity contribution in [1.82, 2.24) is 5.32 Å². The molecule has 4 rings (SSSR count). The molecule has 0 fully saturated rings. The first-order chi connectivity index (χ1) is 21.3. The van der Waals surface area contributed by atoms with Crippen molar-refractivity contribution in [2.45, 2.75) is 96.6 Å². The number of anilines is 1. The van der Waals surface area contributed by atoms with Crippen LogP contribution in [-0.4, -0.2) is 59.1 Å². The van der Waals surface area contributed by atoms with E-state index in [1.165, 1.54) is 12.1 Å². The largest absolute Gasteiger partial charge is 0.464 e. The van der Waals surface area contributed by atoms with Gasteiger partial charge in [-0.2, -0.15) is 0 Å². The molecule has 2 heterocycles. The molecule has 2 aromatic rings. The summed E-state index contributed by atoms with van der Waals surface area (Å²) in [6.45, 7) is 14.6. The van der Waals surface area contributed by atoms with Crippen LogP contribution >= 0.6 is 0 Å². The summed E-state index contributed by atoms with van der Waals surface area (Å²) in [7, 11) is 0.